The molecule has 0 saturated heterocycles. The van der Waals surface area contributed by atoms with Gasteiger partial charge in [0.25, 0.3) is 0 Å². The molecule has 0 aliphatic rings. The molecule has 0 amide bonds. The van der Waals surface area contributed by atoms with E-state index in [4.69, 9.17) is 5.11 Å². The monoisotopic (exact) mass is 297 g/mol. The highest BCUT2D eigenvalue weighted by Crippen LogP contribution is 2.29. The first-order chi connectivity index (χ1) is 8.95. The Bertz CT molecular complexity index is 537. The van der Waals surface area contributed by atoms with E-state index in [0.29, 0.717) is 10.9 Å². The third kappa shape index (κ3) is 3.36. The van der Waals surface area contributed by atoms with Crippen molar-refractivity contribution in [3.05, 3.63) is 16.3 Å². The van der Waals surface area contributed by atoms with Crippen molar-refractivity contribution in [2.45, 2.75) is 25.6 Å². The van der Waals surface area contributed by atoms with E-state index < -0.39 is 40.8 Å². The normalized spacial score (nSPS) is 12.2. The van der Waals surface area contributed by atoms with E-state index in [1.54, 1.807) is 0 Å². The number of aromatic nitrogens is 2. The Morgan fingerprint density at radius 3 is 2.50 bits per heavy atom. The first kappa shape index (κ1) is 15.7. The number of alkyl halides is 3. The topological polar surface area (TPSA) is 107 Å². The lowest BCUT2D eigenvalue weighted by Gasteiger charge is -2.18. The third-order valence-electron chi connectivity index (χ3n) is 2.33. The van der Waals surface area contributed by atoms with Gasteiger partial charge in [0.05, 0.1) is 4.92 Å². The highest BCUT2D eigenvalue weighted by Gasteiger charge is 2.36. The molecule has 0 spiro atoms. The summed E-state index contributed by atoms with van der Waals surface area (Å²) in [6.45, 7) is 0.595. The Morgan fingerprint density at radius 2 is 2.10 bits per heavy atom. The van der Waals surface area contributed by atoms with Crippen LogP contribution < -0.4 is 4.74 Å². The molecule has 0 saturated carbocycles. The summed E-state index contributed by atoms with van der Waals surface area (Å²) >= 11 is 0. The fraction of sp³-hybridized carbons (Fsp3) is 0.556. The molecule has 1 aromatic rings. The summed E-state index contributed by atoms with van der Waals surface area (Å²) in [5.41, 5.74) is -2.52. The van der Waals surface area contributed by atoms with Crippen molar-refractivity contribution in [3.63, 3.8) is 0 Å². The zero-order chi connectivity index (χ0) is 15.7. The molecule has 0 atom stereocenters. The quantitative estimate of drug-likeness (QED) is 0.652. The van der Waals surface area contributed by atoms with Crippen LogP contribution >= 0.6 is 0 Å². The van der Waals surface area contributed by atoms with E-state index in [1.165, 1.54) is 13.8 Å². The van der Waals surface area contributed by atoms with Gasteiger partial charge in [-0.05, 0) is 13.8 Å². The first-order valence-electron chi connectivity index (χ1n) is 5.12. The molecule has 0 fully saturated rings. The third-order valence-corrected chi connectivity index (χ3v) is 2.33. The van der Waals surface area contributed by atoms with Crippen LogP contribution in [0.1, 0.15) is 13.8 Å². The van der Waals surface area contributed by atoms with Crippen molar-refractivity contribution in [2.24, 2.45) is 0 Å². The van der Waals surface area contributed by atoms with Gasteiger partial charge in [0, 0.05) is 0 Å². The van der Waals surface area contributed by atoms with Crippen LogP contribution in [0.3, 0.4) is 0 Å². The molecule has 11 heteroatoms. The molecule has 0 unspecified atom stereocenters. The lowest BCUT2D eigenvalue weighted by Crippen LogP contribution is -2.36. The van der Waals surface area contributed by atoms with Crippen LogP contribution in [0, 0.1) is 10.1 Å². The Kier molecular flexibility index (Phi) is 3.92. The van der Waals surface area contributed by atoms with Gasteiger partial charge >= 0.3 is 23.7 Å². The Hall–Kier alpha value is -2.33. The molecule has 1 N–H and O–H groups in total. The number of ether oxygens (including phenoxy) is 1. The first-order valence-corrected chi connectivity index (χ1v) is 5.12. The number of rotatable bonds is 5. The maximum absolute atomic E-state index is 12.0. The van der Waals surface area contributed by atoms with Crippen molar-refractivity contribution < 1.29 is 32.7 Å². The van der Waals surface area contributed by atoms with Crippen molar-refractivity contribution in [3.8, 4) is 5.88 Å². The van der Waals surface area contributed by atoms with Gasteiger partial charge in [0.1, 0.15) is 6.20 Å². The van der Waals surface area contributed by atoms with Crippen LogP contribution in [0.15, 0.2) is 6.20 Å². The van der Waals surface area contributed by atoms with E-state index in [2.05, 4.69) is 9.84 Å². The van der Waals surface area contributed by atoms with Crippen LogP contribution in [0.2, 0.25) is 0 Å². The number of carboxylic acid groups (broad SMARTS) is 1. The van der Waals surface area contributed by atoms with Gasteiger partial charge in [0.2, 0.25) is 0 Å². The highest BCUT2D eigenvalue weighted by molar-refractivity contribution is 5.75. The number of hydrogen-bond acceptors (Lipinski definition) is 5. The minimum atomic E-state index is -4.69. The molecule has 112 valence electrons. The van der Waals surface area contributed by atoms with Crippen LogP contribution in [0.5, 0.6) is 5.88 Å². The molecule has 8 nitrogen and oxygen atoms in total. The summed E-state index contributed by atoms with van der Waals surface area (Å²) in [5.74, 6) is -2.25. The summed E-state index contributed by atoms with van der Waals surface area (Å²) in [7, 11) is 0. The standard InChI is InChI=1S/C9H10F3N3O5/c1-8(2,7(16)17)14-3-5(15(18)19)6(13-14)20-4-9(10,11)12/h3H,4H2,1-2H3,(H,16,17). The van der Waals surface area contributed by atoms with Gasteiger partial charge in [-0.3, -0.25) is 10.1 Å². The largest absolute Gasteiger partial charge is 0.479 e. The van der Waals surface area contributed by atoms with Crippen LogP contribution in [0.25, 0.3) is 0 Å². The van der Waals surface area contributed by atoms with Gasteiger partial charge < -0.3 is 9.84 Å². The summed E-state index contributed by atoms with van der Waals surface area (Å²) in [6, 6.07) is 0. The number of nitrogens with zero attached hydrogens (tertiary/aromatic N) is 3. The predicted molar refractivity (Wildman–Crippen MR) is 57.4 cm³/mol. The fourth-order valence-corrected chi connectivity index (χ4v) is 1.11. The molecule has 1 aromatic heterocycles. The van der Waals surface area contributed by atoms with E-state index in [-0.39, 0.29) is 0 Å². The minimum absolute atomic E-state index is 0.666. The Labute approximate surface area is 109 Å². The number of aliphatic carboxylic acids is 1. The molecule has 0 aromatic carbocycles. The van der Waals surface area contributed by atoms with E-state index in [0.717, 1.165) is 0 Å². The average molecular weight is 297 g/mol. The number of nitro groups is 1. The van der Waals surface area contributed by atoms with Gasteiger partial charge in [-0.2, -0.15) is 13.2 Å². The molecule has 0 aliphatic heterocycles. The lowest BCUT2D eigenvalue weighted by molar-refractivity contribution is -0.386. The second kappa shape index (κ2) is 4.98. The van der Waals surface area contributed by atoms with Crippen LogP contribution in [0.4, 0.5) is 18.9 Å². The molecule has 1 rings (SSSR count). The van der Waals surface area contributed by atoms with E-state index in [1.807, 2.05) is 0 Å². The fourth-order valence-electron chi connectivity index (χ4n) is 1.11. The van der Waals surface area contributed by atoms with Crippen molar-refractivity contribution >= 4 is 11.7 Å². The van der Waals surface area contributed by atoms with Gasteiger partial charge in [0.15, 0.2) is 12.1 Å². The average Bonchev–Trinajstić information content (AvgIpc) is 2.69. The van der Waals surface area contributed by atoms with Crippen molar-refractivity contribution in [1.29, 1.82) is 0 Å². The lowest BCUT2D eigenvalue weighted by atomic mass is 10.1. The van der Waals surface area contributed by atoms with E-state index >= 15 is 0 Å². The summed E-state index contributed by atoms with van der Waals surface area (Å²) in [4.78, 5) is 20.7. The summed E-state index contributed by atoms with van der Waals surface area (Å²) in [6.07, 6.45) is -3.99. The molecular formula is C9H10F3N3O5. The van der Waals surface area contributed by atoms with Crippen LogP contribution in [-0.2, 0) is 10.3 Å². The second-order valence-electron chi connectivity index (χ2n) is 4.29. The Balaban J connectivity index is 3.15. The zero-order valence-corrected chi connectivity index (χ0v) is 10.3. The number of halogens is 3. The van der Waals surface area contributed by atoms with Gasteiger partial charge in [-0.25, -0.2) is 9.48 Å². The molecule has 0 radical (unpaired) electrons. The highest BCUT2D eigenvalue weighted by atomic mass is 19.4. The Morgan fingerprint density at radius 1 is 1.55 bits per heavy atom. The van der Waals surface area contributed by atoms with Crippen molar-refractivity contribution in [1.82, 2.24) is 9.78 Å². The molecule has 1 heterocycles. The summed E-state index contributed by atoms with van der Waals surface area (Å²) < 4.78 is 41.0. The maximum Gasteiger partial charge on any atom is 0.422 e. The number of carboxylic acids is 1. The maximum atomic E-state index is 12.0. The molecule has 0 bridgehead atoms. The minimum Gasteiger partial charge on any atom is -0.479 e. The smallest absolute Gasteiger partial charge is 0.422 e. The number of carbonyl (C=O) groups is 1. The molecular weight excluding hydrogens is 287 g/mol. The SMILES string of the molecule is CC(C)(C(=O)O)n1cc([N+](=O)[O-])c(OCC(F)(F)F)n1. The zero-order valence-electron chi connectivity index (χ0n) is 10.3. The molecule has 0 aliphatic carbocycles. The second-order valence-corrected chi connectivity index (χ2v) is 4.29. The summed E-state index contributed by atoms with van der Waals surface area (Å²) in [5, 5.41) is 23.0. The van der Waals surface area contributed by atoms with Gasteiger partial charge in [-0.15, -0.1) is 5.10 Å². The van der Waals surface area contributed by atoms with E-state index in [9.17, 15) is 28.1 Å². The predicted octanol–water partition coefficient (Wildman–Crippen LogP) is 1.55. The van der Waals surface area contributed by atoms with Gasteiger partial charge in [-0.1, -0.05) is 0 Å². The van der Waals surface area contributed by atoms with Crippen molar-refractivity contribution in [2.75, 3.05) is 6.61 Å². The molecule has 20 heavy (non-hydrogen) atoms. The number of hydrogen-bond donors (Lipinski definition) is 1. The van der Waals surface area contributed by atoms with Crippen LogP contribution in [-0.4, -0.2) is 38.6 Å².